The molecule has 3 heterocycles. The summed E-state index contributed by atoms with van der Waals surface area (Å²) in [5.74, 6) is 0.733. The minimum atomic E-state index is 0.431. The van der Waals surface area contributed by atoms with Crippen LogP contribution in [0.4, 0.5) is 5.82 Å². The van der Waals surface area contributed by atoms with Crippen molar-refractivity contribution in [2.45, 2.75) is 38.8 Å². The second kappa shape index (κ2) is 7.24. The van der Waals surface area contributed by atoms with Gasteiger partial charge in [0.25, 0.3) is 0 Å². The van der Waals surface area contributed by atoms with Crippen LogP contribution >= 0.6 is 0 Å². The fourth-order valence-corrected chi connectivity index (χ4v) is 3.77. The first-order valence-corrected chi connectivity index (χ1v) is 8.63. The molecule has 0 amide bonds. The molecular formula is C17H26N6. The number of nitrogens with zero attached hydrogens (tertiary/aromatic N) is 6. The Bertz CT molecular complexity index is 550. The molecule has 0 radical (unpaired) electrons. The van der Waals surface area contributed by atoms with E-state index in [1.54, 1.807) is 12.4 Å². The summed E-state index contributed by atoms with van der Waals surface area (Å²) >= 11 is 0. The average molecular weight is 314 g/mol. The summed E-state index contributed by atoms with van der Waals surface area (Å²) in [6.45, 7) is 10.9. The van der Waals surface area contributed by atoms with Gasteiger partial charge in [-0.05, 0) is 26.7 Å². The van der Waals surface area contributed by atoms with E-state index in [-0.39, 0.29) is 0 Å². The molecule has 0 N–H and O–H groups in total. The topological polar surface area (TPSA) is 59.3 Å². The van der Waals surface area contributed by atoms with Gasteiger partial charge in [-0.3, -0.25) is 9.80 Å². The summed E-state index contributed by atoms with van der Waals surface area (Å²) in [4.78, 5) is 15.8. The van der Waals surface area contributed by atoms with Gasteiger partial charge in [0.2, 0.25) is 0 Å². The highest BCUT2D eigenvalue weighted by atomic mass is 15.3. The Kier molecular flexibility index (Phi) is 5.09. The van der Waals surface area contributed by atoms with E-state index < -0.39 is 0 Å². The molecule has 23 heavy (non-hydrogen) atoms. The zero-order valence-electron chi connectivity index (χ0n) is 14.1. The monoisotopic (exact) mass is 314 g/mol. The summed E-state index contributed by atoms with van der Waals surface area (Å²) in [5, 5.41) is 9.16. The lowest BCUT2D eigenvalue weighted by molar-refractivity contribution is 0.165. The van der Waals surface area contributed by atoms with Crippen LogP contribution in [-0.2, 0) is 0 Å². The van der Waals surface area contributed by atoms with Crippen LogP contribution in [0.25, 0.3) is 0 Å². The van der Waals surface area contributed by atoms with E-state index in [1.807, 2.05) is 0 Å². The smallest absolute Gasteiger partial charge is 0.183 e. The Morgan fingerprint density at radius 1 is 1.04 bits per heavy atom. The van der Waals surface area contributed by atoms with E-state index in [0.29, 0.717) is 5.69 Å². The quantitative estimate of drug-likeness (QED) is 0.836. The van der Waals surface area contributed by atoms with Crippen molar-refractivity contribution in [2.75, 3.05) is 44.2 Å². The molecule has 124 valence electrons. The number of hydrogen-bond acceptors (Lipinski definition) is 6. The highest BCUT2D eigenvalue weighted by Gasteiger charge is 2.28. The number of aromatic nitrogens is 2. The van der Waals surface area contributed by atoms with E-state index in [2.05, 4.69) is 44.6 Å². The molecule has 1 aromatic rings. The molecule has 3 rings (SSSR count). The molecule has 2 saturated heterocycles. The van der Waals surface area contributed by atoms with Gasteiger partial charge in [0, 0.05) is 63.7 Å². The molecule has 0 bridgehead atoms. The van der Waals surface area contributed by atoms with Gasteiger partial charge in [-0.15, -0.1) is 0 Å². The summed E-state index contributed by atoms with van der Waals surface area (Å²) in [6, 6.07) is 3.59. The van der Waals surface area contributed by atoms with E-state index >= 15 is 0 Å². The zero-order valence-corrected chi connectivity index (χ0v) is 14.1. The van der Waals surface area contributed by atoms with Crippen molar-refractivity contribution >= 4 is 5.82 Å². The van der Waals surface area contributed by atoms with Gasteiger partial charge >= 0.3 is 0 Å². The van der Waals surface area contributed by atoms with Gasteiger partial charge in [0.05, 0.1) is 0 Å². The number of piperazine rings is 1. The maximum absolute atomic E-state index is 9.16. The maximum atomic E-state index is 9.16. The first-order valence-electron chi connectivity index (χ1n) is 8.63. The second-order valence-electron chi connectivity index (χ2n) is 6.68. The van der Waals surface area contributed by atoms with Gasteiger partial charge in [0.1, 0.15) is 6.07 Å². The zero-order chi connectivity index (χ0) is 16.2. The molecular weight excluding hydrogens is 288 g/mol. The Morgan fingerprint density at radius 2 is 1.70 bits per heavy atom. The van der Waals surface area contributed by atoms with Crippen LogP contribution in [0, 0.1) is 11.3 Å². The minimum absolute atomic E-state index is 0.431. The fraction of sp³-hybridized carbons (Fsp3) is 0.706. The van der Waals surface area contributed by atoms with Gasteiger partial charge < -0.3 is 4.90 Å². The van der Waals surface area contributed by atoms with Gasteiger partial charge in [-0.25, -0.2) is 9.97 Å². The van der Waals surface area contributed by atoms with Crippen LogP contribution in [0.1, 0.15) is 32.4 Å². The number of likely N-dealkylation sites (tertiary alicyclic amines) is 1. The summed E-state index contributed by atoms with van der Waals surface area (Å²) in [6.07, 6.45) is 5.91. The van der Waals surface area contributed by atoms with Gasteiger partial charge in [-0.2, -0.15) is 5.26 Å². The normalized spacial score (nSPS) is 26.4. The van der Waals surface area contributed by atoms with Crippen LogP contribution in [0.5, 0.6) is 0 Å². The van der Waals surface area contributed by atoms with Crippen molar-refractivity contribution in [3.8, 4) is 6.07 Å². The largest absolute Gasteiger partial charge is 0.352 e. The molecule has 2 aliphatic rings. The predicted molar refractivity (Wildman–Crippen MR) is 90.3 cm³/mol. The molecule has 2 atom stereocenters. The molecule has 0 saturated carbocycles. The summed E-state index contributed by atoms with van der Waals surface area (Å²) in [7, 11) is 0. The van der Waals surface area contributed by atoms with Crippen LogP contribution in [-0.4, -0.2) is 71.1 Å². The third kappa shape index (κ3) is 3.62. The van der Waals surface area contributed by atoms with E-state index in [9.17, 15) is 0 Å². The van der Waals surface area contributed by atoms with E-state index in [4.69, 9.17) is 5.26 Å². The Hall–Kier alpha value is -1.71. The summed E-state index contributed by atoms with van der Waals surface area (Å²) in [5.41, 5.74) is 0.431. The lowest BCUT2D eigenvalue weighted by atomic mass is 10.2. The molecule has 1 aromatic heterocycles. The number of anilines is 1. The molecule has 2 fully saturated rings. The molecule has 6 heteroatoms. The number of nitriles is 1. The van der Waals surface area contributed by atoms with E-state index in [0.717, 1.165) is 57.2 Å². The Morgan fingerprint density at radius 3 is 2.35 bits per heavy atom. The third-order valence-corrected chi connectivity index (χ3v) is 5.27. The molecule has 0 aliphatic carbocycles. The Balaban J connectivity index is 1.50. The lowest BCUT2D eigenvalue weighted by Crippen LogP contribution is -2.49. The fourth-order valence-electron chi connectivity index (χ4n) is 3.77. The maximum Gasteiger partial charge on any atom is 0.183 e. The highest BCUT2D eigenvalue weighted by molar-refractivity contribution is 5.49. The molecule has 2 unspecified atom stereocenters. The Labute approximate surface area is 138 Å². The minimum Gasteiger partial charge on any atom is -0.352 e. The van der Waals surface area contributed by atoms with Crippen LogP contribution < -0.4 is 4.90 Å². The number of hydrogen-bond donors (Lipinski definition) is 0. The third-order valence-electron chi connectivity index (χ3n) is 5.27. The van der Waals surface area contributed by atoms with Crippen LogP contribution in [0.15, 0.2) is 12.4 Å². The van der Waals surface area contributed by atoms with E-state index in [1.165, 1.54) is 12.8 Å². The standard InChI is InChI=1S/C17H26N6/c1-14-3-4-15(2)23(14)12-9-21-7-10-22(11-8-21)17-16(13-18)19-5-6-20-17/h5-6,14-15H,3-4,7-12H2,1-2H3. The van der Waals surface area contributed by atoms with Crippen molar-refractivity contribution in [2.24, 2.45) is 0 Å². The SMILES string of the molecule is CC1CCC(C)N1CCN1CCN(c2nccnc2C#N)CC1. The summed E-state index contributed by atoms with van der Waals surface area (Å²) < 4.78 is 0. The van der Waals surface area contributed by atoms with Crippen molar-refractivity contribution in [1.29, 1.82) is 5.26 Å². The van der Waals surface area contributed by atoms with Crippen molar-refractivity contribution in [1.82, 2.24) is 19.8 Å². The molecule has 0 aromatic carbocycles. The first kappa shape index (κ1) is 16.2. The molecule has 0 spiro atoms. The van der Waals surface area contributed by atoms with Crippen LogP contribution in [0.2, 0.25) is 0 Å². The second-order valence-corrected chi connectivity index (χ2v) is 6.68. The van der Waals surface area contributed by atoms with Gasteiger partial charge in [-0.1, -0.05) is 0 Å². The molecule has 2 aliphatic heterocycles. The highest BCUT2D eigenvalue weighted by Crippen LogP contribution is 2.23. The van der Waals surface area contributed by atoms with Crippen LogP contribution in [0.3, 0.4) is 0 Å². The first-order chi connectivity index (χ1) is 11.2. The van der Waals surface area contributed by atoms with Gasteiger partial charge in [0.15, 0.2) is 11.5 Å². The van der Waals surface area contributed by atoms with Crippen molar-refractivity contribution in [3.63, 3.8) is 0 Å². The number of rotatable bonds is 4. The van der Waals surface area contributed by atoms with Crippen molar-refractivity contribution < 1.29 is 0 Å². The lowest BCUT2D eigenvalue weighted by Gasteiger charge is -2.37. The predicted octanol–water partition coefficient (Wildman–Crippen LogP) is 1.34. The molecule has 6 nitrogen and oxygen atoms in total. The average Bonchev–Trinajstić information content (AvgIpc) is 2.92. The van der Waals surface area contributed by atoms with Crippen molar-refractivity contribution in [3.05, 3.63) is 18.1 Å².